The molecular weight excluding hydrogens is 502 g/mol. The van der Waals surface area contributed by atoms with Crippen LogP contribution in [0.2, 0.25) is 0 Å². The van der Waals surface area contributed by atoms with Crippen LogP contribution in [0, 0.1) is 6.92 Å². The highest BCUT2D eigenvalue weighted by molar-refractivity contribution is 7.22. The van der Waals surface area contributed by atoms with E-state index >= 15 is 0 Å². The normalized spacial score (nSPS) is 12.3. The number of fused-ring (bicyclic) bond motifs is 1. The molecule has 0 saturated heterocycles. The van der Waals surface area contributed by atoms with Gasteiger partial charge < -0.3 is 9.15 Å². The molecule has 0 aliphatic rings. The van der Waals surface area contributed by atoms with Gasteiger partial charge in [0.15, 0.2) is 0 Å². The Balaban J connectivity index is 1.94. The van der Waals surface area contributed by atoms with E-state index in [1.54, 1.807) is 45.4 Å². The van der Waals surface area contributed by atoms with Gasteiger partial charge in [0, 0.05) is 6.54 Å². The first-order valence-corrected chi connectivity index (χ1v) is 13.7. The van der Waals surface area contributed by atoms with E-state index < -0.39 is 28.4 Å². The maximum absolute atomic E-state index is 14.0. The quantitative estimate of drug-likeness (QED) is 0.277. The van der Waals surface area contributed by atoms with Crippen LogP contribution in [0.3, 0.4) is 0 Å². The number of aryl methyl sites for hydroxylation is 4. The molecule has 0 aliphatic carbocycles. The summed E-state index contributed by atoms with van der Waals surface area (Å²) in [5, 5.41) is 0.376. The van der Waals surface area contributed by atoms with E-state index in [1.165, 1.54) is 23.2 Å². The second-order valence-electron chi connectivity index (χ2n) is 11.0. The van der Waals surface area contributed by atoms with E-state index in [0.29, 0.717) is 39.5 Å². The van der Waals surface area contributed by atoms with Crippen molar-refractivity contribution in [1.82, 2.24) is 14.1 Å². The third kappa shape index (κ3) is 5.12. The zero-order valence-electron chi connectivity index (χ0n) is 23.1. The predicted molar refractivity (Wildman–Crippen MR) is 150 cm³/mol. The van der Waals surface area contributed by atoms with Crippen LogP contribution in [-0.2, 0) is 34.5 Å². The third-order valence-electron chi connectivity index (χ3n) is 6.54. The van der Waals surface area contributed by atoms with Crippen molar-refractivity contribution in [2.45, 2.75) is 85.4 Å². The van der Waals surface area contributed by atoms with E-state index in [2.05, 4.69) is 24.0 Å². The van der Waals surface area contributed by atoms with Crippen LogP contribution in [0.15, 0.2) is 50.7 Å². The number of oxazole rings is 1. The highest BCUT2D eigenvalue weighted by Gasteiger charge is 2.38. The van der Waals surface area contributed by atoms with Crippen molar-refractivity contribution in [2.75, 3.05) is 0 Å². The minimum Gasteiger partial charge on any atom is -0.458 e. The molecule has 0 fully saturated rings. The topological polar surface area (TPSA) is 96.3 Å². The fraction of sp³-hybridized carbons (Fsp3) is 0.448. The second-order valence-corrected chi connectivity index (χ2v) is 12.0. The number of carbonyl (C=O) groups is 1. The molecule has 0 spiro atoms. The van der Waals surface area contributed by atoms with E-state index in [4.69, 9.17) is 9.15 Å². The number of nitrogens with zero attached hydrogens (tertiary/aromatic N) is 3. The summed E-state index contributed by atoms with van der Waals surface area (Å²) in [5.41, 5.74) is -0.340. The van der Waals surface area contributed by atoms with Gasteiger partial charge in [-0.05, 0) is 71.1 Å². The lowest BCUT2D eigenvalue weighted by atomic mass is 10.0. The van der Waals surface area contributed by atoms with Crippen LogP contribution in [-0.4, -0.2) is 25.7 Å². The summed E-state index contributed by atoms with van der Waals surface area (Å²) in [6, 6.07) is 8.20. The summed E-state index contributed by atoms with van der Waals surface area (Å²) in [6.45, 7) is 12.7. The number of hydrogen-bond acceptors (Lipinski definition) is 7. The fourth-order valence-corrected chi connectivity index (χ4v) is 5.88. The fourth-order valence-electron chi connectivity index (χ4n) is 4.62. The molecule has 1 aromatic carbocycles. The number of esters is 1. The molecule has 9 heteroatoms. The van der Waals surface area contributed by atoms with Gasteiger partial charge in [-0.25, -0.2) is 19.1 Å². The Morgan fingerprint density at radius 3 is 2.32 bits per heavy atom. The van der Waals surface area contributed by atoms with Gasteiger partial charge in [0.1, 0.15) is 22.2 Å². The molecule has 4 rings (SSSR count). The molecule has 3 heterocycles. The Bertz CT molecular complexity index is 1580. The average Bonchev–Trinajstić information content (AvgIpc) is 3.47. The van der Waals surface area contributed by atoms with Crippen molar-refractivity contribution < 1.29 is 13.9 Å². The molecule has 0 radical (unpaired) electrons. The molecule has 0 atom stereocenters. The first-order valence-electron chi connectivity index (χ1n) is 12.9. The van der Waals surface area contributed by atoms with Gasteiger partial charge >= 0.3 is 11.7 Å². The van der Waals surface area contributed by atoms with Crippen molar-refractivity contribution in [3.63, 3.8) is 0 Å². The minimum absolute atomic E-state index is 0.339. The molecule has 8 nitrogen and oxygen atoms in total. The van der Waals surface area contributed by atoms with Gasteiger partial charge in [0.05, 0.1) is 16.5 Å². The molecule has 38 heavy (non-hydrogen) atoms. The number of carbonyl (C=O) groups excluding carboxylic acids is 1. The van der Waals surface area contributed by atoms with Crippen LogP contribution in [0.5, 0.6) is 0 Å². The van der Waals surface area contributed by atoms with Crippen LogP contribution in [0.1, 0.15) is 64.7 Å². The van der Waals surface area contributed by atoms with Crippen molar-refractivity contribution in [2.24, 2.45) is 0 Å². The SMILES string of the molecule is CCCc1ccccc1CCn1c(=O)n(C(C)(C)C(=O)OC(C)(C)C)c(=O)c2c(C)c(-c3ncco3)sc21. The molecule has 0 aliphatic heterocycles. The van der Waals surface area contributed by atoms with Gasteiger partial charge in [0.25, 0.3) is 5.56 Å². The van der Waals surface area contributed by atoms with Gasteiger partial charge in [-0.1, -0.05) is 37.6 Å². The number of thiophene rings is 1. The molecule has 0 amide bonds. The Morgan fingerprint density at radius 2 is 1.74 bits per heavy atom. The maximum Gasteiger partial charge on any atom is 0.333 e. The van der Waals surface area contributed by atoms with E-state index in [-0.39, 0.29) is 0 Å². The number of ether oxygens (including phenoxy) is 1. The monoisotopic (exact) mass is 537 g/mol. The molecule has 0 N–H and O–H groups in total. The number of rotatable bonds is 8. The van der Waals surface area contributed by atoms with Crippen LogP contribution in [0.25, 0.3) is 21.0 Å². The standard InChI is InChI=1S/C29H35N3O5S/c1-8-11-19-12-9-10-13-20(19)14-16-31-25-21(18(2)22(38-25)23-30-15-17-36-23)24(33)32(27(31)35)29(6,7)26(34)37-28(3,4)5/h9-10,12-13,15,17H,8,11,14,16H2,1-7H3. The molecular formula is C29H35N3O5S. The Hall–Kier alpha value is -3.46. The number of aromatic nitrogens is 3. The molecule has 3 aromatic heterocycles. The van der Waals surface area contributed by atoms with Gasteiger partial charge in [-0.2, -0.15) is 0 Å². The van der Waals surface area contributed by atoms with Crippen LogP contribution < -0.4 is 11.2 Å². The van der Waals surface area contributed by atoms with E-state index in [1.807, 2.05) is 19.1 Å². The van der Waals surface area contributed by atoms with Crippen molar-refractivity contribution >= 4 is 27.5 Å². The van der Waals surface area contributed by atoms with Crippen molar-refractivity contribution in [3.8, 4) is 10.8 Å². The number of benzene rings is 1. The lowest BCUT2D eigenvalue weighted by molar-refractivity contribution is -0.164. The Labute approximate surface area is 225 Å². The smallest absolute Gasteiger partial charge is 0.333 e. The molecule has 0 saturated carbocycles. The van der Waals surface area contributed by atoms with E-state index in [9.17, 15) is 14.4 Å². The van der Waals surface area contributed by atoms with Gasteiger partial charge in [-0.3, -0.25) is 9.36 Å². The summed E-state index contributed by atoms with van der Waals surface area (Å²) in [5.74, 6) is -0.266. The van der Waals surface area contributed by atoms with Crippen LogP contribution >= 0.6 is 11.3 Å². The molecule has 0 unspecified atom stereocenters. The first kappa shape index (κ1) is 27.6. The Morgan fingerprint density at radius 1 is 1.08 bits per heavy atom. The highest BCUT2D eigenvalue weighted by Crippen LogP contribution is 2.36. The summed E-state index contributed by atoms with van der Waals surface area (Å²) in [7, 11) is 0. The summed E-state index contributed by atoms with van der Waals surface area (Å²) < 4.78 is 13.8. The zero-order chi connectivity index (χ0) is 27.8. The molecule has 4 aromatic rings. The third-order valence-corrected chi connectivity index (χ3v) is 7.84. The second kappa shape index (κ2) is 10.4. The Kier molecular flexibility index (Phi) is 7.52. The predicted octanol–water partition coefficient (Wildman–Crippen LogP) is 5.46. The number of hydrogen-bond donors (Lipinski definition) is 0. The van der Waals surface area contributed by atoms with E-state index in [0.717, 1.165) is 23.0 Å². The highest BCUT2D eigenvalue weighted by atomic mass is 32.1. The van der Waals surface area contributed by atoms with Gasteiger partial charge in [-0.15, -0.1) is 11.3 Å². The maximum atomic E-state index is 14.0. The lowest BCUT2D eigenvalue weighted by Crippen LogP contribution is -2.54. The molecule has 202 valence electrons. The summed E-state index contributed by atoms with van der Waals surface area (Å²) in [4.78, 5) is 46.7. The zero-order valence-corrected chi connectivity index (χ0v) is 23.9. The summed E-state index contributed by atoms with van der Waals surface area (Å²) >= 11 is 1.30. The van der Waals surface area contributed by atoms with Gasteiger partial charge in [0.2, 0.25) is 5.89 Å². The summed E-state index contributed by atoms with van der Waals surface area (Å²) in [6.07, 6.45) is 5.57. The molecule has 0 bridgehead atoms. The van der Waals surface area contributed by atoms with Crippen molar-refractivity contribution in [1.29, 1.82) is 0 Å². The largest absolute Gasteiger partial charge is 0.458 e. The minimum atomic E-state index is -1.53. The lowest BCUT2D eigenvalue weighted by Gasteiger charge is -2.30. The van der Waals surface area contributed by atoms with Crippen molar-refractivity contribution in [3.05, 3.63) is 74.3 Å². The van der Waals surface area contributed by atoms with Crippen LogP contribution in [0.4, 0.5) is 0 Å². The average molecular weight is 538 g/mol. The first-order chi connectivity index (χ1) is 17.9.